The Bertz CT molecular complexity index is 1090. The first-order valence-electron chi connectivity index (χ1n) is 9.07. The van der Waals surface area contributed by atoms with Gasteiger partial charge in [-0.05, 0) is 37.1 Å². The summed E-state index contributed by atoms with van der Waals surface area (Å²) in [6.45, 7) is 5.42. The zero-order valence-corrected chi connectivity index (χ0v) is 16.3. The topological polar surface area (TPSA) is 34.0 Å². The molecule has 27 heavy (non-hydrogen) atoms. The van der Waals surface area contributed by atoms with Crippen LogP contribution in [0.15, 0.2) is 66.7 Å². The highest BCUT2D eigenvalue weighted by Crippen LogP contribution is 2.29. The van der Waals surface area contributed by atoms with Gasteiger partial charge in [0.2, 0.25) is 0 Å². The van der Waals surface area contributed by atoms with Gasteiger partial charge in [-0.3, -0.25) is 4.79 Å². The number of nitrogens with zero attached hydrogens (tertiary/aromatic N) is 1. The van der Waals surface area contributed by atoms with Gasteiger partial charge in [-0.25, -0.2) is 0 Å². The van der Waals surface area contributed by atoms with Gasteiger partial charge in [0.15, 0.2) is 0 Å². The third-order valence-electron chi connectivity index (χ3n) is 4.66. The smallest absolute Gasteiger partial charge is 0.268 e. The number of carbonyl (C=O) groups is 1. The van der Waals surface area contributed by atoms with Crippen LogP contribution in [-0.2, 0) is 13.1 Å². The third-order valence-corrected chi connectivity index (χ3v) is 5.65. The molecule has 0 radical (unpaired) electrons. The standard InChI is InChI=1S/C23H22N2OS/c1-16-7-6-10-19(11-16)15-25-20-12-17(2)27-22(20)13-21(25)23(26)24-14-18-8-4-3-5-9-18/h3-13H,14-15H2,1-2H3,(H,24,26). The van der Waals surface area contributed by atoms with Crippen molar-refractivity contribution in [3.63, 3.8) is 0 Å². The molecule has 0 spiro atoms. The van der Waals surface area contributed by atoms with E-state index >= 15 is 0 Å². The van der Waals surface area contributed by atoms with Crippen LogP contribution in [0.3, 0.4) is 0 Å². The lowest BCUT2D eigenvalue weighted by Gasteiger charge is -2.12. The van der Waals surface area contributed by atoms with Gasteiger partial charge >= 0.3 is 0 Å². The SMILES string of the molecule is Cc1cccc(Cn2c(C(=O)NCc3ccccc3)cc3sc(C)cc32)c1. The highest BCUT2D eigenvalue weighted by atomic mass is 32.1. The van der Waals surface area contributed by atoms with Crippen molar-refractivity contribution in [1.29, 1.82) is 0 Å². The molecule has 0 bridgehead atoms. The van der Waals surface area contributed by atoms with E-state index in [0.29, 0.717) is 18.8 Å². The summed E-state index contributed by atoms with van der Waals surface area (Å²) in [7, 11) is 0. The number of fused-ring (bicyclic) bond motifs is 1. The lowest BCUT2D eigenvalue weighted by Crippen LogP contribution is -2.25. The quantitative estimate of drug-likeness (QED) is 0.505. The largest absolute Gasteiger partial charge is 0.347 e. The molecule has 0 unspecified atom stereocenters. The summed E-state index contributed by atoms with van der Waals surface area (Å²) >= 11 is 1.73. The van der Waals surface area contributed by atoms with Gasteiger partial charge in [-0.2, -0.15) is 0 Å². The molecule has 0 aliphatic heterocycles. The van der Waals surface area contributed by atoms with Crippen molar-refractivity contribution >= 4 is 27.5 Å². The normalized spacial score (nSPS) is 11.0. The summed E-state index contributed by atoms with van der Waals surface area (Å²) in [5, 5.41) is 3.06. The second-order valence-electron chi connectivity index (χ2n) is 6.88. The molecule has 3 nitrogen and oxygen atoms in total. The minimum Gasteiger partial charge on any atom is -0.347 e. The fourth-order valence-electron chi connectivity index (χ4n) is 3.39. The molecule has 4 heteroatoms. The van der Waals surface area contributed by atoms with Gasteiger partial charge in [0.25, 0.3) is 5.91 Å². The van der Waals surface area contributed by atoms with E-state index in [1.165, 1.54) is 16.0 Å². The number of hydrogen-bond acceptors (Lipinski definition) is 2. The van der Waals surface area contributed by atoms with Crippen molar-refractivity contribution < 1.29 is 4.79 Å². The zero-order chi connectivity index (χ0) is 18.8. The molecule has 136 valence electrons. The molecule has 1 amide bonds. The lowest BCUT2D eigenvalue weighted by molar-refractivity contribution is 0.0942. The number of amides is 1. The van der Waals surface area contributed by atoms with E-state index in [1.54, 1.807) is 11.3 Å². The van der Waals surface area contributed by atoms with Gasteiger partial charge in [0.05, 0.1) is 10.2 Å². The first kappa shape index (κ1) is 17.6. The maximum Gasteiger partial charge on any atom is 0.268 e. The minimum absolute atomic E-state index is 0.0347. The van der Waals surface area contributed by atoms with Gasteiger partial charge in [-0.15, -0.1) is 11.3 Å². The number of carbonyl (C=O) groups excluding carboxylic acids is 1. The van der Waals surface area contributed by atoms with Crippen LogP contribution >= 0.6 is 11.3 Å². The second-order valence-corrected chi connectivity index (χ2v) is 8.17. The van der Waals surface area contributed by atoms with E-state index in [2.05, 4.69) is 54.1 Å². The molecule has 2 heterocycles. The molecule has 4 aromatic rings. The predicted octanol–water partition coefficient (Wildman–Crippen LogP) is 5.30. The first-order valence-corrected chi connectivity index (χ1v) is 9.89. The number of aromatic nitrogens is 1. The summed E-state index contributed by atoms with van der Waals surface area (Å²) in [5.41, 5.74) is 5.37. The Morgan fingerprint density at radius 1 is 0.963 bits per heavy atom. The summed E-state index contributed by atoms with van der Waals surface area (Å²) in [6, 6.07) is 22.6. The van der Waals surface area contributed by atoms with Crippen LogP contribution in [-0.4, -0.2) is 10.5 Å². The van der Waals surface area contributed by atoms with Crippen LogP contribution in [0.25, 0.3) is 10.2 Å². The Balaban J connectivity index is 1.65. The highest BCUT2D eigenvalue weighted by Gasteiger charge is 2.17. The molecule has 4 rings (SSSR count). The number of nitrogens with one attached hydrogen (secondary N) is 1. The van der Waals surface area contributed by atoms with Gasteiger partial charge in [0, 0.05) is 18.0 Å². The molecule has 2 aromatic heterocycles. The Morgan fingerprint density at radius 2 is 1.74 bits per heavy atom. The van der Waals surface area contributed by atoms with Gasteiger partial charge < -0.3 is 9.88 Å². The van der Waals surface area contributed by atoms with Crippen molar-refractivity contribution in [2.24, 2.45) is 0 Å². The van der Waals surface area contributed by atoms with Gasteiger partial charge in [0.1, 0.15) is 5.69 Å². The molecule has 1 N–H and O–H groups in total. The van der Waals surface area contributed by atoms with Crippen molar-refractivity contribution in [3.8, 4) is 0 Å². The number of benzene rings is 2. The second kappa shape index (κ2) is 7.41. The third kappa shape index (κ3) is 3.81. The molecule has 0 fully saturated rings. The van der Waals surface area contributed by atoms with Crippen LogP contribution in [0.2, 0.25) is 0 Å². The summed E-state index contributed by atoms with van der Waals surface area (Å²) in [4.78, 5) is 14.2. The molecule has 2 aromatic carbocycles. The van der Waals surface area contributed by atoms with Crippen LogP contribution in [0.5, 0.6) is 0 Å². The molecule has 0 saturated carbocycles. The number of thiophene rings is 1. The number of hydrogen-bond donors (Lipinski definition) is 1. The van der Waals surface area contributed by atoms with E-state index in [-0.39, 0.29) is 5.91 Å². The summed E-state index contributed by atoms with van der Waals surface area (Å²) in [6.07, 6.45) is 0. The molecular formula is C23H22N2OS. The molecule has 0 saturated heterocycles. The lowest BCUT2D eigenvalue weighted by atomic mass is 10.1. The maximum atomic E-state index is 12.9. The van der Waals surface area contributed by atoms with Crippen molar-refractivity contribution in [2.75, 3.05) is 0 Å². The Morgan fingerprint density at radius 3 is 2.52 bits per heavy atom. The maximum absolute atomic E-state index is 12.9. The van der Waals surface area contributed by atoms with E-state index in [4.69, 9.17) is 0 Å². The van der Waals surface area contributed by atoms with Crippen LogP contribution in [0, 0.1) is 13.8 Å². The number of aryl methyl sites for hydroxylation is 2. The van der Waals surface area contributed by atoms with E-state index in [0.717, 1.165) is 15.8 Å². The average Bonchev–Trinajstić information content (AvgIpc) is 3.18. The Hall–Kier alpha value is -2.85. The van der Waals surface area contributed by atoms with Crippen LogP contribution in [0.4, 0.5) is 0 Å². The minimum atomic E-state index is -0.0347. The predicted molar refractivity (Wildman–Crippen MR) is 112 cm³/mol. The van der Waals surface area contributed by atoms with Crippen LogP contribution in [0.1, 0.15) is 32.1 Å². The molecular weight excluding hydrogens is 352 g/mol. The van der Waals surface area contributed by atoms with Crippen molar-refractivity contribution in [3.05, 3.63) is 94.0 Å². The zero-order valence-electron chi connectivity index (χ0n) is 15.5. The summed E-state index contributed by atoms with van der Waals surface area (Å²) in [5.74, 6) is -0.0347. The first-order chi connectivity index (χ1) is 13.1. The Labute approximate surface area is 163 Å². The monoisotopic (exact) mass is 374 g/mol. The van der Waals surface area contributed by atoms with Crippen molar-refractivity contribution in [2.45, 2.75) is 26.9 Å². The van der Waals surface area contributed by atoms with Crippen molar-refractivity contribution in [1.82, 2.24) is 9.88 Å². The fourth-order valence-corrected chi connectivity index (χ4v) is 4.35. The highest BCUT2D eigenvalue weighted by molar-refractivity contribution is 7.19. The molecule has 0 aliphatic carbocycles. The Kier molecular flexibility index (Phi) is 4.82. The van der Waals surface area contributed by atoms with E-state index < -0.39 is 0 Å². The fraction of sp³-hybridized carbons (Fsp3) is 0.174. The van der Waals surface area contributed by atoms with Crippen LogP contribution < -0.4 is 5.32 Å². The number of rotatable bonds is 5. The molecule has 0 atom stereocenters. The van der Waals surface area contributed by atoms with E-state index in [9.17, 15) is 4.79 Å². The summed E-state index contributed by atoms with van der Waals surface area (Å²) < 4.78 is 3.29. The molecule has 0 aliphatic rings. The van der Waals surface area contributed by atoms with E-state index in [1.807, 2.05) is 36.4 Å². The van der Waals surface area contributed by atoms with Gasteiger partial charge in [-0.1, -0.05) is 60.2 Å². The average molecular weight is 375 g/mol.